The van der Waals surface area contributed by atoms with Crippen molar-refractivity contribution in [2.45, 2.75) is 20.4 Å². The van der Waals surface area contributed by atoms with E-state index < -0.39 is 0 Å². The van der Waals surface area contributed by atoms with Gasteiger partial charge in [-0.2, -0.15) is 10.2 Å². The van der Waals surface area contributed by atoms with Gasteiger partial charge in [0.1, 0.15) is 11.7 Å². The van der Waals surface area contributed by atoms with Crippen LogP contribution in [0, 0.1) is 13.8 Å². The number of aryl methyl sites for hydroxylation is 2. The van der Waals surface area contributed by atoms with E-state index in [9.17, 15) is 4.79 Å². The third-order valence-electron chi connectivity index (χ3n) is 4.55. The van der Waals surface area contributed by atoms with E-state index in [-0.39, 0.29) is 12.5 Å². The molecule has 4 rings (SSSR count). The first kappa shape index (κ1) is 18.9. The van der Waals surface area contributed by atoms with Gasteiger partial charge in [0, 0.05) is 0 Å². The molecule has 7 nitrogen and oxygen atoms in total. The minimum Gasteiger partial charge on any atom is -0.321 e. The fourth-order valence-corrected chi connectivity index (χ4v) is 3.33. The number of benzene rings is 2. The lowest BCUT2D eigenvalue weighted by Gasteiger charge is -2.03. The van der Waals surface area contributed by atoms with Gasteiger partial charge < -0.3 is 4.57 Å². The van der Waals surface area contributed by atoms with E-state index in [1.165, 1.54) is 6.21 Å². The number of hydrogen-bond acceptors (Lipinski definition) is 4. The highest BCUT2D eigenvalue weighted by Gasteiger charge is 2.13. The first-order valence-corrected chi connectivity index (χ1v) is 9.44. The van der Waals surface area contributed by atoms with Gasteiger partial charge in [-0.05, 0) is 38.1 Å². The Kier molecular flexibility index (Phi) is 5.14. The lowest BCUT2D eigenvalue weighted by molar-refractivity contribution is -0.121. The van der Waals surface area contributed by atoms with Crippen LogP contribution in [0.15, 0.2) is 60.0 Å². The minimum absolute atomic E-state index is 0.118. The van der Waals surface area contributed by atoms with E-state index in [2.05, 4.69) is 20.6 Å². The number of carbonyl (C=O) groups excluding carboxylic acids is 1. The summed E-state index contributed by atoms with van der Waals surface area (Å²) in [6, 6.07) is 15.5. The van der Waals surface area contributed by atoms with E-state index in [1.54, 1.807) is 15.6 Å². The molecule has 8 heteroatoms. The topological polar surface area (TPSA) is 77.1 Å². The van der Waals surface area contributed by atoms with Crippen molar-refractivity contribution in [1.82, 2.24) is 24.8 Å². The molecule has 0 bridgehead atoms. The summed E-state index contributed by atoms with van der Waals surface area (Å²) in [5.41, 5.74) is 7.65. The molecule has 2 aromatic carbocycles. The van der Waals surface area contributed by atoms with E-state index in [1.807, 2.05) is 62.4 Å². The molecule has 0 aliphatic heterocycles. The maximum atomic E-state index is 12.2. The number of amides is 1. The molecule has 0 aliphatic carbocycles. The lowest BCUT2D eigenvalue weighted by atomic mass is 10.2. The Hall–Kier alpha value is -3.45. The average Bonchev–Trinajstić information content (AvgIpc) is 3.24. The van der Waals surface area contributed by atoms with Crippen LogP contribution in [0.2, 0.25) is 5.15 Å². The van der Waals surface area contributed by atoms with E-state index in [0.29, 0.717) is 16.4 Å². The monoisotopic (exact) mass is 406 g/mol. The van der Waals surface area contributed by atoms with Gasteiger partial charge in [0.25, 0.3) is 5.91 Å². The number of rotatable bonds is 5. The van der Waals surface area contributed by atoms with Crippen molar-refractivity contribution in [2.24, 2.45) is 5.10 Å². The summed E-state index contributed by atoms with van der Waals surface area (Å²) < 4.78 is 3.42. The fourth-order valence-electron chi connectivity index (χ4n) is 3.01. The van der Waals surface area contributed by atoms with Crippen LogP contribution in [0.1, 0.15) is 16.8 Å². The van der Waals surface area contributed by atoms with Crippen LogP contribution in [0.25, 0.3) is 16.7 Å². The summed E-state index contributed by atoms with van der Waals surface area (Å²) in [4.78, 5) is 16.5. The Morgan fingerprint density at radius 2 is 1.93 bits per heavy atom. The Balaban J connectivity index is 1.46. The second-order valence-electron chi connectivity index (χ2n) is 6.69. The number of hydrogen-bond donors (Lipinski definition) is 1. The van der Waals surface area contributed by atoms with Crippen molar-refractivity contribution in [3.63, 3.8) is 0 Å². The van der Waals surface area contributed by atoms with Crippen molar-refractivity contribution >= 4 is 34.8 Å². The van der Waals surface area contributed by atoms with E-state index in [0.717, 1.165) is 22.3 Å². The molecular formula is C21H19ClN6O. The molecule has 4 aromatic rings. The second-order valence-corrected chi connectivity index (χ2v) is 7.05. The number of aromatic nitrogens is 4. The fraction of sp³-hybridized carbons (Fsp3) is 0.143. The molecule has 2 heterocycles. The summed E-state index contributed by atoms with van der Waals surface area (Å²) in [7, 11) is 0. The van der Waals surface area contributed by atoms with Crippen molar-refractivity contribution in [3.05, 3.63) is 76.8 Å². The zero-order chi connectivity index (χ0) is 20.4. The highest BCUT2D eigenvalue weighted by Crippen LogP contribution is 2.22. The zero-order valence-electron chi connectivity index (χ0n) is 16.0. The molecular weight excluding hydrogens is 388 g/mol. The van der Waals surface area contributed by atoms with Gasteiger partial charge in [-0.1, -0.05) is 41.4 Å². The Bertz CT molecular complexity index is 1210. The number of carbonyl (C=O) groups is 1. The maximum Gasteiger partial charge on any atom is 0.260 e. The molecule has 0 fully saturated rings. The van der Waals surface area contributed by atoms with Gasteiger partial charge in [0.05, 0.1) is 40.5 Å². The van der Waals surface area contributed by atoms with Crippen LogP contribution < -0.4 is 5.43 Å². The third-order valence-corrected chi connectivity index (χ3v) is 4.91. The van der Waals surface area contributed by atoms with Gasteiger partial charge in [-0.25, -0.2) is 15.1 Å². The molecule has 0 unspecified atom stereocenters. The number of hydrazone groups is 1. The van der Waals surface area contributed by atoms with Crippen LogP contribution in [-0.2, 0) is 11.3 Å². The molecule has 0 radical (unpaired) electrons. The number of nitrogens with one attached hydrogen (secondary N) is 1. The summed E-state index contributed by atoms with van der Waals surface area (Å²) in [5, 5.41) is 8.96. The number of nitrogens with zero attached hydrogens (tertiary/aromatic N) is 5. The van der Waals surface area contributed by atoms with Gasteiger partial charge in [-0.15, -0.1) is 0 Å². The molecule has 0 spiro atoms. The van der Waals surface area contributed by atoms with Gasteiger partial charge in [0.15, 0.2) is 0 Å². The molecule has 0 saturated carbocycles. The lowest BCUT2D eigenvalue weighted by Crippen LogP contribution is -2.22. The first-order chi connectivity index (χ1) is 14.0. The number of halogens is 1. The molecule has 1 N–H and O–H groups in total. The molecule has 29 heavy (non-hydrogen) atoms. The van der Waals surface area contributed by atoms with Crippen LogP contribution in [0.5, 0.6) is 0 Å². The van der Waals surface area contributed by atoms with Crippen molar-refractivity contribution in [2.75, 3.05) is 0 Å². The maximum absolute atomic E-state index is 12.2. The largest absolute Gasteiger partial charge is 0.321 e. The first-order valence-electron chi connectivity index (χ1n) is 9.07. The highest BCUT2D eigenvalue weighted by atomic mass is 35.5. The molecule has 0 atom stereocenters. The molecule has 2 aromatic heterocycles. The summed E-state index contributed by atoms with van der Waals surface area (Å²) >= 11 is 6.48. The van der Waals surface area contributed by atoms with Crippen LogP contribution in [0.4, 0.5) is 0 Å². The Morgan fingerprint density at radius 3 is 2.72 bits per heavy atom. The average molecular weight is 407 g/mol. The van der Waals surface area contributed by atoms with Gasteiger partial charge >= 0.3 is 0 Å². The van der Waals surface area contributed by atoms with Gasteiger partial charge in [0.2, 0.25) is 0 Å². The molecule has 1 amide bonds. The molecule has 0 aliphatic rings. The second kappa shape index (κ2) is 7.89. The van der Waals surface area contributed by atoms with Gasteiger partial charge in [-0.3, -0.25) is 4.79 Å². The third kappa shape index (κ3) is 3.90. The summed E-state index contributed by atoms with van der Waals surface area (Å²) in [5.74, 6) is -0.260. The van der Waals surface area contributed by atoms with Crippen molar-refractivity contribution in [3.8, 4) is 5.69 Å². The normalized spacial score (nSPS) is 11.4. The predicted molar refractivity (Wildman–Crippen MR) is 114 cm³/mol. The molecule has 0 saturated heterocycles. The highest BCUT2D eigenvalue weighted by molar-refractivity contribution is 6.32. The van der Waals surface area contributed by atoms with E-state index >= 15 is 0 Å². The smallest absolute Gasteiger partial charge is 0.260 e. The minimum atomic E-state index is -0.260. The van der Waals surface area contributed by atoms with Crippen LogP contribution in [0.3, 0.4) is 0 Å². The zero-order valence-corrected chi connectivity index (χ0v) is 16.8. The Morgan fingerprint density at radius 1 is 1.17 bits per heavy atom. The Labute approximate surface area is 172 Å². The summed E-state index contributed by atoms with van der Waals surface area (Å²) in [6.45, 7) is 3.98. The van der Waals surface area contributed by atoms with Crippen molar-refractivity contribution < 1.29 is 4.79 Å². The quantitative estimate of drug-likeness (QED) is 0.406. The predicted octanol–water partition coefficient (Wildman–Crippen LogP) is 3.64. The summed E-state index contributed by atoms with van der Waals surface area (Å²) in [6.07, 6.45) is 3.15. The van der Waals surface area contributed by atoms with Crippen LogP contribution in [-0.4, -0.2) is 31.5 Å². The standard InChI is InChI=1S/C21H19ClN6O/c1-14-7-9-16(10-8-14)28-21(22)17(15(2)26-28)11-24-25-20(29)12-27-13-23-18-5-3-4-6-19(18)27/h3-11,13H,12H2,1-2H3,(H,25,29)/b24-11-. The van der Waals surface area contributed by atoms with Crippen molar-refractivity contribution in [1.29, 1.82) is 0 Å². The number of imidazole rings is 1. The number of fused-ring (bicyclic) bond motifs is 1. The SMILES string of the molecule is Cc1ccc(-n2nc(C)c(/C=N\NC(=O)Cn3cnc4ccccc43)c2Cl)cc1. The molecule has 146 valence electrons. The van der Waals surface area contributed by atoms with Crippen LogP contribution >= 0.6 is 11.6 Å². The van der Waals surface area contributed by atoms with E-state index in [4.69, 9.17) is 11.6 Å². The number of para-hydroxylation sites is 2.